The average molecular weight is 354 g/mol. The number of hydrogen-bond acceptors (Lipinski definition) is 3. The zero-order valence-electron chi connectivity index (χ0n) is 14.7. The Morgan fingerprint density at radius 2 is 1.22 bits per heavy atom. The van der Waals surface area contributed by atoms with Gasteiger partial charge in [0.25, 0.3) is 5.79 Å². The summed E-state index contributed by atoms with van der Waals surface area (Å²) < 4.78 is 12.1. The van der Waals surface area contributed by atoms with Crippen LogP contribution in [0.3, 0.4) is 0 Å². The smallest absolute Gasteiger partial charge is 0.262 e. The average Bonchev–Trinajstić information content (AvgIpc) is 3.23. The summed E-state index contributed by atoms with van der Waals surface area (Å²) in [5, 5.41) is 3.95. The predicted molar refractivity (Wildman–Crippen MR) is 106 cm³/mol. The van der Waals surface area contributed by atoms with Gasteiger partial charge in [0.2, 0.25) is 5.78 Å². The summed E-state index contributed by atoms with van der Waals surface area (Å²) in [5.74, 6) is -1.57. The highest BCUT2D eigenvalue weighted by Gasteiger charge is 2.47. The van der Waals surface area contributed by atoms with E-state index in [1.807, 2.05) is 84.9 Å². The van der Waals surface area contributed by atoms with Crippen molar-refractivity contribution in [2.24, 2.45) is 0 Å². The minimum absolute atomic E-state index is 0.159. The monoisotopic (exact) mass is 354 g/mol. The first-order chi connectivity index (χ1) is 13.3. The van der Waals surface area contributed by atoms with E-state index in [1.165, 1.54) is 0 Å². The van der Waals surface area contributed by atoms with Crippen molar-refractivity contribution >= 4 is 27.3 Å². The number of hydrogen-bond donors (Lipinski definition) is 0. The Morgan fingerprint density at radius 3 is 1.96 bits per heavy atom. The number of carbonyl (C=O) groups excluding carboxylic acids is 1. The van der Waals surface area contributed by atoms with Gasteiger partial charge in [-0.1, -0.05) is 84.9 Å². The Kier molecular flexibility index (Phi) is 3.78. The van der Waals surface area contributed by atoms with E-state index >= 15 is 0 Å². The van der Waals surface area contributed by atoms with E-state index in [9.17, 15) is 4.79 Å². The molecule has 0 unspecified atom stereocenters. The minimum Gasteiger partial charge on any atom is -0.337 e. The van der Waals surface area contributed by atoms with E-state index in [0.717, 1.165) is 27.1 Å². The molecule has 27 heavy (non-hydrogen) atoms. The Labute approximate surface area is 157 Å². The lowest BCUT2D eigenvalue weighted by molar-refractivity contribution is -0.125. The van der Waals surface area contributed by atoms with Crippen molar-refractivity contribution in [1.29, 1.82) is 0 Å². The molecule has 5 rings (SSSR count). The lowest BCUT2D eigenvalue weighted by atomic mass is 9.90. The Bertz CT molecular complexity index is 1150. The lowest BCUT2D eigenvalue weighted by Crippen LogP contribution is -2.37. The van der Waals surface area contributed by atoms with Crippen LogP contribution in [0.15, 0.2) is 84.9 Å². The third kappa shape index (κ3) is 2.47. The number of Topliss-reactive ketones (excluding diaryl/α,β-unsaturated/α-hetero) is 1. The standard InChI is InChI=1S/C24H18O3/c25-23(21-13-5-9-17-7-1-3-11-19(17)21)24(26-15-16-27-24)22-14-6-10-18-8-2-4-12-20(18)22/h1-14H,15-16H2. The van der Waals surface area contributed by atoms with Crippen LogP contribution < -0.4 is 0 Å². The molecule has 1 heterocycles. The maximum absolute atomic E-state index is 13.8. The topological polar surface area (TPSA) is 35.5 Å². The van der Waals surface area contributed by atoms with Gasteiger partial charge < -0.3 is 9.47 Å². The molecule has 4 aromatic carbocycles. The fourth-order valence-electron chi connectivity index (χ4n) is 3.93. The van der Waals surface area contributed by atoms with E-state index in [-0.39, 0.29) is 5.78 Å². The van der Waals surface area contributed by atoms with Gasteiger partial charge in [0, 0.05) is 11.1 Å². The highest BCUT2D eigenvalue weighted by Crippen LogP contribution is 2.40. The van der Waals surface area contributed by atoms with Crippen LogP contribution >= 0.6 is 0 Å². The third-order valence-corrected chi connectivity index (χ3v) is 5.17. The highest BCUT2D eigenvalue weighted by molar-refractivity contribution is 6.12. The Hall–Kier alpha value is -3.01. The Morgan fingerprint density at radius 1 is 0.667 bits per heavy atom. The second-order valence-electron chi connectivity index (χ2n) is 6.70. The minimum atomic E-state index is -1.41. The molecule has 0 radical (unpaired) electrons. The first-order valence-corrected chi connectivity index (χ1v) is 9.08. The van der Waals surface area contributed by atoms with Crippen LogP contribution in [0, 0.1) is 0 Å². The van der Waals surface area contributed by atoms with Gasteiger partial charge in [-0.25, -0.2) is 0 Å². The maximum atomic E-state index is 13.8. The molecule has 0 aliphatic carbocycles. The molecule has 0 amide bonds. The number of fused-ring (bicyclic) bond motifs is 2. The lowest BCUT2D eigenvalue weighted by Gasteiger charge is -2.28. The largest absolute Gasteiger partial charge is 0.337 e. The molecule has 4 aromatic rings. The summed E-state index contributed by atoms with van der Waals surface area (Å²) in [4.78, 5) is 13.8. The first-order valence-electron chi connectivity index (χ1n) is 9.08. The summed E-state index contributed by atoms with van der Waals surface area (Å²) in [7, 11) is 0. The first kappa shape index (κ1) is 16.2. The van der Waals surface area contributed by atoms with Gasteiger partial charge in [0.15, 0.2) is 0 Å². The van der Waals surface area contributed by atoms with E-state index in [1.54, 1.807) is 0 Å². The number of ketones is 1. The predicted octanol–water partition coefficient (Wildman–Crippen LogP) is 5.08. The summed E-state index contributed by atoms with van der Waals surface area (Å²) in [6, 6.07) is 27.6. The zero-order valence-corrected chi connectivity index (χ0v) is 14.7. The van der Waals surface area contributed by atoms with Gasteiger partial charge in [-0.3, -0.25) is 4.79 Å². The molecule has 3 heteroatoms. The number of benzene rings is 4. The van der Waals surface area contributed by atoms with E-state index < -0.39 is 5.79 Å². The number of carbonyl (C=O) groups is 1. The van der Waals surface area contributed by atoms with Crippen LogP contribution in [0.4, 0.5) is 0 Å². The summed E-state index contributed by atoms with van der Waals surface area (Å²) >= 11 is 0. The fourth-order valence-corrected chi connectivity index (χ4v) is 3.93. The van der Waals surface area contributed by atoms with Crippen molar-refractivity contribution < 1.29 is 14.3 Å². The summed E-state index contributed by atoms with van der Waals surface area (Å²) in [5.41, 5.74) is 1.37. The molecular weight excluding hydrogens is 336 g/mol. The summed E-state index contributed by atoms with van der Waals surface area (Å²) in [6.07, 6.45) is 0. The molecule has 0 atom stereocenters. The van der Waals surface area contributed by atoms with Gasteiger partial charge in [-0.05, 0) is 21.5 Å². The second kappa shape index (κ2) is 6.31. The van der Waals surface area contributed by atoms with Crippen molar-refractivity contribution in [3.05, 3.63) is 96.1 Å². The van der Waals surface area contributed by atoms with E-state index in [4.69, 9.17) is 9.47 Å². The van der Waals surface area contributed by atoms with Gasteiger partial charge >= 0.3 is 0 Å². The van der Waals surface area contributed by atoms with E-state index in [2.05, 4.69) is 0 Å². The molecule has 3 nitrogen and oxygen atoms in total. The molecule has 1 fully saturated rings. The SMILES string of the molecule is O=C(c1cccc2ccccc12)C1(c2cccc3ccccc23)OCCO1. The summed E-state index contributed by atoms with van der Waals surface area (Å²) in [6.45, 7) is 0.777. The van der Waals surface area contributed by atoms with Gasteiger partial charge in [-0.15, -0.1) is 0 Å². The van der Waals surface area contributed by atoms with Gasteiger partial charge in [0.05, 0.1) is 13.2 Å². The highest BCUT2D eigenvalue weighted by atomic mass is 16.7. The van der Waals surface area contributed by atoms with Crippen LogP contribution in [0.5, 0.6) is 0 Å². The molecule has 0 bridgehead atoms. The maximum Gasteiger partial charge on any atom is 0.262 e. The van der Waals surface area contributed by atoms with Crippen molar-refractivity contribution in [1.82, 2.24) is 0 Å². The fraction of sp³-hybridized carbons (Fsp3) is 0.125. The molecular formula is C24H18O3. The van der Waals surface area contributed by atoms with Crippen molar-refractivity contribution in [2.75, 3.05) is 13.2 Å². The normalized spacial score (nSPS) is 16.0. The van der Waals surface area contributed by atoms with Crippen molar-refractivity contribution in [2.45, 2.75) is 5.79 Å². The molecule has 1 aliphatic rings. The Balaban J connectivity index is 1.75. The molecule has 0 saturated carbocycles. The molecule has 1 saturated heterocycles. The number of rotatable bonds is 3. The molecule has 0 spiro atoms. The van der Waals surface area contributed by atoms with E-state index in [0.29, 0.717) is 18.8 Å². The van der Waals surface area contributed by atoms with Crippen molar-refractivity contribution in [3.63, 3.8) is 0 Å². The molecule has 1 aliphatic heterocycles. The third-order valence-electron chi connectivity index (χ3n) is 5.17. The van der Waals surface area contributed by atoms with Crippen molar-refractivity contribution in [3.8, 4) is 0 Å². The van der Waals surface area contributed by atoms with Gasteiger partial charge in [-0.2, -0.15) is 0 Å². The second-order valence-corrected chi connectivity index (χ2v) is 6.70. The van der Waals surface area contributed by atoms with Crippen LogP contribution in [0.2, 0.25) is 0 Å². The van der Waals surface area contributed by atoms with Crippen LogP contribution in [0.1, 0.15) is 15.9 Å². The van der Waals surface area contributed by atoms with Crippen LogP contribution in [-0.4, -0.2) is 19.0 Å². The quantitative estimate of drug-likeness (QED) is 0.482. The zero-order chi connectivity index (χ0) is 18.3. The molecule has 132 valence electrons. The van der Waals surface area contributed by atoms with Crippen LogP contribution in [0.25, 0.3) is 21.5 Å². The van der Waals surface area contributed by atoms with Crippen LogP contribution in [-0.2, 0) is 15.3 Å². The molecule has 0 N–H and O–H groups in total. The number of ether oxygens (including phenoxy) is 2. The molecule has 0 aromatic heterocycles. The van der Waals surface area contributed by atoms with Gasteiger partial charge in [0.1, 0.15) is 0 Å².